The molecule has 0 bridgehead atoms. The van der Waals surface area contributed by atoms with Gasteiger partial charge in [0.2, 0.25) is 5.91 Å². The van der Waals surface area contributed by atoms with Gasteiger partial charge in [-0.05, 0) is 36.5 Å². The minimum Gasteiger partial charge on any atom is -0.356 e. The fourth-order valence-electron chi connectivity index (χ4n) is 2.58. The molecule has 1 aliphatic heterocycles. The largest absolute Gasteiger partial charge is 0.356 e. The minimum absolute atomic E-state index is 0.0147. The molecular formula is C16H22N2O4S. The van der Waals surface area contributed by atoms with E-state index in [1.807, 2.05) is 12.1 Å². The SMILES string of the molecule is CC(=O)NCCc1ccc(C(=O)NCC2CCS(=O)(=O)C2)cc1. The molecule has 1 unspecified atom stereocenters. The third-order valence-corrected chi connectivity index (χ3v) is 5.72. The molecule has 1 fully saturated rings. The number of rotatable bonds is 6. The minimum atomic E-state index is -2.91. The van der Waals surface area contributed by atoms with E-state index in [1.54, 1.807) is 12.1 Å². The van der Waals surface area contributed by atoms with Crippen molar-refractivity contribution in [2.75, 3.05) is 24.6 Å². The third-order valence-electron chi connectivity index (χ3n) is 3.88. The van der Waals surface area contributed by atoms with Gasteiger partial charge in [0, 0.05) is 25.6 Å². The molecule has 0 saturated carbocycles. The van der Waals surface area contributed by atoms with Gasteiger partial charge in [0.15, 0.2) is 9.84 Å². The Labute approximate surface area is 136 Å². The molecule has 0 aliphatic carbocycles. The van der Waals surface area contributed by atoms with Crippen molar-refractivity contribution in [3.05, 3.63) is 35.4 Å². The average Bonchev–Trinajstić information content (AvgIpc) is 2.84. The standard InChI is InChI=1S/C16H22N2O4S/c1-12(19)17-8-6-13-2-4-15(5-3-13)16(20)18-10-14-7-9-23(21,22)11-14/h2-5,14H,6-11H2,1H3,(H,17,19)(H,18,20). The molecule has 1 aliphatic rings. The molecule has 23 heavy (non-hydrogen) atoms. The number of carbonyl (C=O) groups excluding carboxylic acids is 2. The fourth-order valence-corrected chi connectivity index (χ4v) is 4.44. The van der Waals surface area contributed by atoms with E-state index >= 15 is 0 Å². The molecule has 6 nitrogen and oxygen atoms in total. The van der Waals surface area contributed by atoms with Crippen molar-refractivity contribution in [3.8, 4) is 0 Å². The van der Waals surface area contributed by atoms with E-state index in [0.717, 1.165) is 5.56 Å². The van der Waals surface area contributed by atoms with Crippen molar-refractivity contribution < 1.29 is 18.0 Å². The van der Waals surface area contributed by atoms with E-state index in [2.05, 4.69) is 10.6 Å². The smallest absolute Gasteiger partial charge is 0.251 e. The average molecular weight is 338 g/mol. The fraction of sp³-hybridized carbons (Fsp3) is 0.500. The van der Waals surface area contributed by atoms with Gasteiger partial charge in [-0.25, -0.2) is 8.42 Å². The van der Waals surface area contributed by atoms with E-state index in [4.69, 9.17) is 0 Å². The van der Waals surface area contributed by atoms with Crippen LogP contribution in [0.25, 0.3) is 0 Å². The molecule has 2 N–H and O–H groups in total. The summed E-state index contributed by atoms with van der Waals surface area (Å²) in [7, 11) is -2.91. The van der Waals surface area contributed by atoms with Crippen LogP contribution in [0.3, 0.4) is 0 Å². The summed E-state index contributed by atoms with van der Waals surface area (Å²) < 4.78 is 22.8. The highest BCUT2D eigenvalue weighted by Crippen LogP contribution is 2.17. The number of amides is 2. The Morgan fingerprint density at radius 3 is 2.43 bits per heavy atom. The lowest BCUT2D eigenvalue weighted by Gasteiger charge is -2.10. The predicted octanol–water partition coefficient (Wildman–Crippen LogP) is 0.530. The monoisotopic (exact) mass is 338 g/mol. The van der Waals surface area contributed by atoms with Crippen LogP contribution in [-0.2, 0) is 21.1 Å². The lowest BCUT2D eigenvalue weighted by molar-refractivity contribution is -0.118. The van der Waals surface area contributed by atoms with Gasteiger partial charge in [-0.1, -0.05) is 12.1 Å². The molecule has 0 spiro atoms. The van der Waals surface area contributed by atoms with E-state index in [1.165, 1.54) is 6.92 Å². The molecule has 126 valence electrons. The van der Waals surface area contributed by atoms with Crippen LogP contribution in [0.1, 0.15) is 29.3 Å². The summed E-state index contributed by atoms with van der Waals surface area (Å²) in [6.07, 6.45) is 1.33. The summed E-state index contributed by atoms with van der Waals surface area (Å²) in [5, 5.41) is 5.52. The van der Waals surface area contributed by atoms with Crippen molar-refractivity contribution in [2.24, 2.45) is 5.92 Å². The van der Waals surface area contributed by atoms with Crippen LogP contribution in [0.5, 0.6) is 0 Å². The van der Waals surface area contributed by atoms with Crippen molar-refractivity contribution in [1.82, 2.24) is 10.6 Å². The number of sulfone groups is 1. The molecular weight excluding hydrogens is 316 g/mol. The number of carbonyl (C=O) groups is 2. The van der Waals surface area contributed by atoms with Crippen LogP contribution in [0.4, 0.5) is 0 Å². The van der Waals surface area contributed by atoms with Gasteiger partial charge in [0.25, 0.3) is 5.91 Å². The molecule has 0 aromatic heterocycles. The molecule has 1 aromatic rings. The zero-order valence-corrected chi connectivity index (χ0v) is 14.0. The second kappa shape index (κ2) is 7.59. The lowest BCUT2D eigenvalue weighted by Crippen LogP contribution is -2.29. The highest BCUT2D eigenvalue weighted by atomic mass is 32.2. The molecule has 1 heterocycles. The molecule has 0 radical (unpaired) electrons. The summed E-state index contributed by atoms with van der Waals surface area (Å²) in [6.45, 7) is 2.43. The van der Waals surface area contributed by atoms with Crippen LogP contribution in [0.15, 0.2) is 24.3 Å². The Bertz CT molecular complexity index is 668. The van der Waals surface area contributed by atoms with E-state index < -0.39 is 9.84 Å². The van der Waals surface area contributed by atoms with Crippen LogP contribution in [0, 0.1) is 5.92 Å². The zero-order valence-electron chi connectivity index (χ0n) is 13.2. The molecule has 1 saturated heterocycles. The highest BCUT2D eigenvalue weighted by molar-refractivity contribution is 7.91. The topological polar surface area (TPSA) is 92.3 Å². The van der Waals surface area contributed by atoms with Gasteiger partial charge in [-0.3, -0.25) is 9.59 Å². The summed E-state index contributed by atoms with van der Waals surface area (Å²) >= 11 is 0. The quantitative estimate of drug-likeness (QED) is 0.791. The molecule has 2 amide bonds. The van der Waals surface area contributed by atoms with Crippen LogP contribution in [-0.4, -0.2) is 44.8 Å². The Hall–Kier alpha value is -1.89. The van der Waals surface area contributed by atoms with Crippen molar-refractivity contribution in [2.45, 2.75) is 19.8 Å². The first kappa shape index (κ1) is 17.5. The van der Waals surface area contributed by atoms with Crippen LogP contribution in [0.2, 0.25) is 0 Å². The van der Waals surface area contributed by atoms with Gasteiger partial charge < -0.3 is 10.6 Å². The van der Waals surface area contributed by atoms with Crippen molar-refractivity contribution in [3.63, 3.8) is 0 Å². The number of nitrogens with one attached hydrogen (secondary N) is 2. The lowest BCUT2D eigenvalue weighted by atomic mass is 10.1. The third kappa shape index (κ3) is 5.67. The maximum Gasteiger partial charge on any atom is 0.251 e. The van der Waals surface area contributed by atoms with E-state index in [9.17, 15) is 18.0 Å². The Kier molecular flexibility index (Phi) is 5.76. The second-order valence-corrected chi connectivity index (χ2v) is 8.14. The summed E-state index contributed by atoms with van der Waals surface area (Å²) in [5.74, 6) is 0.143. The maximum atomic E-state index is 12.1. The Morgan fingerprint density at radius 1 is 1.17 bits per heavy atom. The number of hydrogen-bond acceptors (Lipinski definition) is 4. The molecule has 1 atom stereocenters. The van der Waals surface area contributed by atoms with Gasteiger partial charge >= 0.3 is 0 Å². The van der Waals surface area contributed by atoms with Crippen LogP contribution >= 0.6 is 0 Å². The maximum absolute atomic E-state index is 12.1. The first-order valence-electron chi connectivity index (χ1n) is 7.68. The number of benzene rings is 1. The van der Waals surface area contributed by atoms with E-state index in [0.29, 0.717) is 31.5 Å². The first-order valence-corrected chi connectivity index (χ1v) is 9.50. The summed E-state index contributed by atoms with van der Waals surface area (Å²) in [6, 6.07) is 7.20. The van der Waals surface area contributed by atoms with Gasteiger partial charge in [-0.15, -0.1) is 0 Å². The summed E-state index contributed by atoms with van der Waals surface area (Å²) in [5.41, 5.74) is 1.59. The van der Waals surface area contributed by atoms with Gasteiger partial charge in [-0.2, -0.15) is 0 Å². The molecule has 2 rings (SSSR count). The zero-order chi connectivity index (χ0) is 16.9. The normalized spacial score (nSPS) is 19.3. The predicted molar refractivity (Wildman–Crippen MR) is 87.9 cm³/mol. The Balaban J connectivity index is 1.79. The van der Waals surface area contributed by atoms with Crippen molar-refractivity contribution in [1.29, 1.82) is 0 Å². The Morgan fingerprint density at radius 2 is 1.87 bits per heavy atom. The van der Waals surface area contributed by atoms with Crippen molar-refractivity contribution >= 4 is 21.7 Å². The second-order valence-electron chi connectivity index (χ2n) is 5.91. The van der Waals surface area contributed by atoms with Crippen LogP contribution < -0.4 is 10.6 Å². The summed E-state index contributed by atoms with van der Waals surface area (Å²) in [4.78, 5) is 22.9. The number of hydrogen-bond donors (Lipinski definition) is 2. The van der Waals surface area contributed by atoms with Gasteiger partial charge in [0.1, 0.15) is 0 Å². The van der Waals surface area contributed by atoms with E-state index in [-0.39, 0.29) is 29.2 Å². The molecule has 7 heteroatoms. The molecule has 1 aromatic carbocycles. The highest BCUT2D eigenvalue weighted by Gasteiger charge is 2.27. The van der Waals surface area contributed by atoms with Gasteiger partial charge in [0.05, 0.1) is 11.5 Å². The first-order chi connectivity index (χ1) is 10.9.